The lowest BCUT2D eigenvalue weighted by Gasteiger charge is -2.53. The number of aliphatic imine (C=N–C) groups is 1. The first-order valence-corrected chi connectivity index (χ1v) is 15.1. The third-order valence-corrected chi connectivity index (χ3v) is 8.54. The van der Waals surface area contributed by atoms with E-state index in [0.717, 1.165) is 22.3 Å². The molecule has 0 aromatic heterocycles. The van der Waals surface area contributed by atoms with Crippen LogP contribution in [-0.4, -0.2) is 48.4 Å². The smallest absolute Gasteiger partial charge is 0.408 e. The fourth-order valence-corrected chi connectivity index (χ4v) is 6.52. The van der Waals surface area contributed by atoms with Crippen LogP contribution in [0.15, 0.2) is 108 Å². The van der Waals surface area contributed by atoms with E-state index in [0.29, 0.717) is 30.9 Å². The number of hydrogen-bond donors (Lipinski definition) is 1. The number of rotatable bonds is 4. The third kappa shape index (κ3) is 5.77. The monoisotopic (exact) mass is 590 g/mol. The summed E-state index contributed by atoms with van der Waals surface area (Å²) < 4.78 is 18.1. The second-order valence-electron chi connectivity index (χ2n) is 12.8. The fraction of sp³-hybridized carbons (Fsp3) is 0.324. The van der Waals surface area contributed by atoms with E-state index in [2.05, 4.69) is 18.3 Å². The second-order valence-corrected chi connectivity index (χ2v) is 12.8. The molecule has 1 fully saturated rings. The predicted octanol–water partition coefficient (Wildman–Crippen LogP) is 7.39. The number of ether oxygens (including phenoxy) is 3. The summed E-state index contributed by atoms with van der Waals surface area (Å²) in [6.45, 7) is 8.46. The van der Waals surface area contributed by atoms with Crippen molar-refractivity contribution >= 4 is 17.7 Å². The van der Waals surface area contributed by atoms with Crippen LogP contribution in [0.4, 0.5) is 4.79 Å². The highest BCUT2D eigenvalue weighted by atomic mass is 16.7. The molecular weight excluding hydrogens is 552 g/mol. The number of carbonyl (C=O) groups excluding carboxylic acids is 2. The van der Waals surface area contributed by atoms with E-state index in [1.807, 2.05) is 118 Å². The molecule has 2 amide bonds. The van der Waals surface area contributed by atoms with Gasteiger partial charge in [0.2, 0.25) is 0 Å². The zero-order valence-corrected chi connectivity index (χ0v) is 25.6. The van der Waals surface area contributed by atoms with Crippen LogP contribution in [0.5, 0.6) is 0 Å². The largest absolute Gasteiger partial charge is 0.444 e. The Morgan fingerprint density at radius 2 is 1.48 bits per heavy atom. The van der Waals surface area contributed by atoms with Crippen LogP contribution in [-0.2, 0) is 14.2 Å². The van der Waals surface area contributed by atoms with Crippen molar-refractivity contribution in [2.24, 2.45) is 16.3 Å². The zero-order valence-electron chi connectivity index (χ0n) is 25.6. The Balaban J connectivity index is 1.42. The van der Waals surface area contributed by atoms with E-state index in [1.54, 1.807) is 0 Å². The molecule has 1 aliphatic heterocycles. The number of benzene rings is 3. The maximum absolute atomic E-state index is 14.1. The molecule has 44 heavy (non-hydrogen) atoms. The van der Waals surface area contributed by atoms with Crippen LogP contribution < -0.4 is 5.32 Å². The molecule has 0 unspecified atom stereocenters. The molecular formula is C37H38N2O5. The molecule has 6 rings (SSSR count). The van der Waals surface area contributed by atoms with E-state index in [1.165, 1.54) is 0 Å². The Kier molecular flexibility index (Phi) is 7.86. The minimum Gasteiger partial charge on any atom is -0.444 e. The van der Waals surface area contributed by atoms with E-state index in [-0.39, 0.29) is 5.91 Å². The summed E-state index contributed by atoms with van der Waals surface area (Å²) in [4.78, 5) is 31.8. The van der Waals surface area contributed by atoms with Gasteiger partial charge in [-0.2, -0.15) is 0 Å². The van der Waals surface area contributed by atoms with Gasteiger partial charge in [0.15, 0.2) is 5.79 Å². The van der Waals surface area contributed by atoms with Gasteiger partial charge in [-0.15, -0.1) is 0 Å². The molecule has 0 bridgehead atoms. The molecule has 1 N–H and O–H groups in total. The lowest BCUT2D eigenvalue weighted by atomic mass is 9.58. The quantitative estimate of drug-likeness (QED) is 0.320. The molecule has 0 radical (unpaired) electrons. The van der Waals surface area contributed by atoms with Gasteiger partial charge in [-0.25, -0.2) is 9.79 Å². The fourth-order valence-electron chi connectivity index (χ4n) is 6.52. The number of carbonyl (C=O) groups is 2. The van der Waals surface area contributed by atoms with Crippen LogP contribution in [0.1, 0.15) is 44.5 Å². The van der Waals surface area contributed by atoms with Gasteiger partial charge < -0.3 is 19.5 Å². The van der Waals surface area contributed by atoms with Gasteiger partial charge >= 0.3 is 6.09 Å². The summed E-state index contributed by atoms with van der Waals surface area (Å²) in [6, 6.07) is 25.4. The summed E-state index contributed by atoms with van der Waals surface area (Å²) in [6.07, 6.45) is 7.74. The van der Waals surface area contributed by atoms with E-state index < -0.39 is 34.9 Å². The number of nitrogens with zero attached hydrogens (tertiary/aromatic N) is 1. The topological polar surface area (TPSA) is 86.2 Å². The minimum absolute atomic E-state index is 0.364. The van der Waals surface area contributed by atoms with Crippen molar-refractivity contribution < 1.29 is 23.8 Å². The van der Waals surface area contributed by atoms with E-state index in [9.17, 15) is 9.59 Å². The van der Waals surface area contributed by atoms with E-state index in [4.69, 9.17) is 19.2 Å². The molecule has 3 aliphatic rings. The molecule has 2 aliphatic carbocycles. The van der Waals surface area contributed by atoms with Crippen LogP contribution in [0.25, 0.3) is 22.3 Å². The normalized spacial score (nSPS) is 24.7. The Bertz CT molecular complexity index is 1570. The predicted molar refractivity (Wildman–Crippen MR) is 171 cm³/mol. The molecule has 3 aromatic rings. The van der Waals surface area contributed by atoms with Gasteiger partial charge in [-0.1, -0.05) is 79.7 Å². The zero-order chi connectivity index (χ0) is 31.0. The van der Waals surface area contributed by atoms with Crippen molar-refractivity contribution in [3.63, 3.8) is 0 Å². The minimum atomic E-state index is -0.994. The second kappa shape index (κ2) is 11.6. The average Bonchev–Trinajstić information content (AvgIpc) is 3.49. The highest BCUT2D eigenvalue weighted by molar-refractivity contribution is 6.10. The lowest BCUT2D eigenvalue weighted by Crippen LogP contribution is -2.62. The first kappa shape index (κ1) is 29.7. The number of amides is 2. The first-order chi connectivity index (χ1) is 21.1. The molecule has 1 spiro atoms. The average molecular weight is 591 g/mol. The molecule has 1 heterocycles. The number of allylic oxidation sites excluding steroid dienone is 2. The SMILES string of the molecule is CC(C)(C)OC(=O)N[C@H]1C=CC[C@]2(C)[C@H]1C(=NC(=O)c1cc(-c3ccccc3)cc(-c3ccccc3)c1)C=CC21OCCO1. The maximum Gasteiger partial charge on any atom is 0.408 e. The molecule has 7 heteroatoms. The van der Waals surface area contributed by atoms with Crippen LogP contribution in [0, 0.1) is 11.3 Å². The number of hydrogen-bond acceptors (Lipinski definition) is 5. The third-order valence-electron chi connectivity index (χ3n) is 8.54. The molecule has 1 saturated heterocycles. The van der Waals surface area contributed by atoms with Crippen LogP contribution in [0.2, 0.25) is 0 Å². The van der Waals surface area contributed by atoms with Crippen molar-refractivity contribution in [1.29, 1.82) is 0 Å². The van der Waals surface area contributed by atoms with Crippen LogP contribution in [0.3, 0.4) is 0 Å². The standard InChI is InChI=1S/C37H38N2O5/c1-35(2,3)44-34(41)39-30-16-11-18-36(4)32(30)31(17-19-37(36)42-20-21-43-37)38-33(40)29-23-27(25-12-7-5-8-13-25)22-28(24-29)26-14-9-6-10-15-26/h5-17,19,22-24,30,32H,18,20-21H2,1-4H3,(H,39,41)/t30-,32+,36+/m0/s1. The number of nitrogens with one attached hydrogen (secondary N) is 1. The Morgan fingerprint density at radius 3 is 2.05 bits per heavy atom. The van der Waals surface area contributed by atoms with Gasteiger partial charge in [-0.3, -0.25) is 4.79 Å². The summed E-state index contributed by atoms with van der Waals surface area (Å²) in [5.74, 6) is -1.78. The molecule has 226 valence electrons. The van der Waals surface area contributed by atoms with Gasteiger partial charge in [-0.05, 0) is 79.8 Å². The van der Waals surface area contributed by atoms with Crippen molar-refractivity contribution in [3.05, 3.63) is 109 Å². The summed E-state index contributed by atoms with van der Waals surface area (Å²) in [7, 11) is 0. The maximum atomic E-state index is 14.1. The first-order valence-electron chi connectivity index (χ1n) is 15.1. The van der Waals surface area contributed by atoms with Gasteiger partial charge in [0, 0.05) is 16.9 Å². The summed E-state index contributed by atoms with van der Waals surface area (Å²) in [5, 5.41) is 3.03. The van der Waals surface area contributed by atoms with Crippen LogP contribution >= 0.6 is 0 Å². The Morgan fingerprint density at radius 1 is 0.886 bits per heavy atom. The van der Waals surface area contributed by atoms with Crippen molar-refractivity contribution in [2.45, 2.75) is 51.5 Å². The molecule has 0 saturated carbocycles. The van der Waals surface area contributed by atoms with Gasteiger partial charge in [0.05, 0.1) is 25.0 Å². The Hall–Kier alpha value is -4.33. The van der Waals surface area contributed by atoms with Gasteiger partial charge in [0.1, 0.15) is 5.60 Å². The molecule has 3 aromatic carbocycles. The van der Waals surface area contributed by atoms with Crippen molar-refractivity contribution in [1.82, 2.24) is 5.32 Å². The Labute approximate surface area is 258 Å². The van der Waals surface area contributed by atoms with E-state index >= 15 is 0 Å². The summed E-state index contributed by atoms with van der Waals surface area (Å²) in [5.41, 5.74) is 3.59. The van der Waals surface area contributed by atoms with Crippen molar-refractivity contribution in [3.8, 4) is 22.3 Å². The highest BCUT2D eigenvalue weighted by Gasteiger charge is 2.61. The van der Waals surface area contributed by atoms with Gasteiger partial charge in [0.25, 0.3) is 5.91 Å². The van der Waals surface area contributed by atoms with Crippen molar-refractivity contribution in [2.75, 3.05) is 13.2 Å². The lowest BCUT2D eigenvalue weighted by molar-refractivity contribution is -0.211. The molecule has 3 atom stereocenters. The summed E-state index contributed by atoms with van der Waals surface area (Å²) >= 11 is 0. The number of fused-ring (bicyclic) bond motifs is 2. The highest BCUT2D eigenvalue weighted by Crippen LogP contribution is 2.54. The number of alkyl carbamates (subject to hydrolysis) is 1. The molecule has 7 nitrogen and oxygen atoms in total.